The molecule has 4 rings (SSSR count). The van der Waals surface area contributed by atoms with Crippen molar-refractivity contribution in [2.45, 2.75) is 24.1 Å². The molecule has 0 saturated heterocycles. The maximum Gasteiger partial charge on any atom is 0.237 e. The Kier molecular flexibility index (Phi) is 5.58. The van der Waals surface area contributed by atoms with Crippen LogP contribution in [-0.2, 0) is 4.79 Å². The molecule has 1 amide bonds. The fourth-order valence-corrected chi connectivity index (χ4v) is 3.81. The Morgan fingerprint density at radius 3 is 2.47 bits per heavy atom. The van der Waals surface area contributed by atoms with Gasteiger partial charge in [-0.25, -0.2) is 14.6 Å². The van der Waals surface area contributed by atoms with Crippen LogP contribution in [-0.4, -0.2) is 36.7 Å². The van der Waals surface area contributed by atoms with E-state index in [2.05, 4.69) is 20.4 Å². The van der Waals surface area contributed by atoms with Gasteiger partial charge in [0, 0.05) is 11.3 Å². The molecule has 0 aliphatic rings. The highest BCUT2D eigenvalue weighted by Crippen LogP contribution is 2.29. The quantitative estimate of drug-likeness (QED) is 0.288. The lowest BCUT2D eigenvalue weighted by Crippen LogP contribution is -2.22. The zero-order valence-electron chi connectivity index (χ0n) is 16.4. The second kappa shape index (κ2) is 8.46. The van der Waals surface area contributed by atoms with Gasteiger partial charge in [0.15, 0.2) is 11.4 Å². The summed E-state index contributed by atoms with van der Waals surface area (Å²) in [5, 5.41) is 8.40. The molecule has 150 valence electrons. The van der Waals surface area contributed by atoms with E-state index in [-0.39, 0.29) is 11.7 Å². The Balaban J connectivity index is 1.51. The van der Waals surface area contributed by atoms with E-state index in [9.17, 15) is 9.59 Å². The molecule has 7 nitrogen and oxygen atoms in total. The minimum Gasteiger partial charge on any atom is -0.325 e. The van der Waals surface area contributed by atoms with Crippen LogP contribution in [0.1, 0.15) is 24.2 Å². The summed E-state index contributed by atoms with van der Waals surface area (Å²) in [4.78, 5) is 32.7. The number of amides is 1. The molecular weight excluding hydrogens is 398 g/mol. The van der Waals surface area contributed by atoms with Crippen LogP contribution in [0.2, 0.25) is 0 Å². The van der Waals surface area contributed by atoms with E-state index < -0.39 is 5.25 Å². The number of nitrogens with one attached hydrogen (secondary N) is 1. The van der Waals surface area contributed by atoms with Gasteiger partial charge in [0.2, 0.25) is 5.91 Å². The van der Waals surface area contributed by atoms with E-state index in [1.54, 1.807) is 35.1 Å². The van der Waals surface area contributed by atoms with Crippen LogP contribution < -0.4 is 5.32 Å². The first-order valence-corrected chi connectivity index (χ1v) is 10.2. The van der Waals surface area contributed by atoms with E-state index in [0.29, 0.717) is 21.9 Å². The first-order valence-electron chi connectivity index (χ1n) is 9.35. The minimum absolute atomic E-state index is 0.0133. The molecule has 0 radical (unpaired) electrons. The lowest BCUT2D eigenvalue weighted by atomic mass is 10.1. The molecule has 0 fully saturated rings. The van der Waals surface area contributed by atoms with Gasteiger partial charge in [-0.2, -0.15) is 5.10 Å². The number of aromatic nitrogens is 4. The molecule has 0 aliphatic carbocycles. The van der Waals surface area contributed by atoms with E-state index >= 15 is 0 Å². The van der Waals surface area contributed by atoms with Gasteiger partial charge in [0.1, 0.15) is 11.4 Å². The number of para-hydroxylation sites is 1. The zero-order chi connectivity index (χ0) is 21.1. The van der Waals surface area contributed by atoms with Crippen molar-refractivity contribution in [2.75, 3.05) is 5.32 Å². The summed E-state index contributed by atoms with van der Waals surface area (Å²) in [5.74, 6) is -0.168. The van der Waals surface area contributed by atoms with Crippen molar-refractivity contribution in [3.8, 4) is 5.69 Å². The van der Waals surface area contributed by atoms with Gasteiger partial charge < -0.3 is 5.32 Å². The van der Waals surface area contributed by atoms with Gasteiger partial charge in [0.05, 0.1) is 22.5 Å². The summed E-state index contributed by atoms with van der Waals surface area (Å²) >= 11 is 1.35. The first-order chi connectivity index (χ1) is 14.5. The largest absolute Gasteiger partial charge is 0.325 e. The number of benzene rings is 2. The molecule has 0 saturated carbocycles. The average Bonchev–Trinajstić information content (AvgIpc) is 3.20. The molecule has 0 aliphatic heterocycles. The van der Waals surface area contributed by atoms with E-state index in [4.69, 9.17) is 0 Å². The second-order valence-corrected chi connectivity index (χ2v) is 8.02. The highest BCUT2D eigenvalue weighted by Gasteiger charge is 2.19. The van der Waals surface area contributed by atoms with Crippen molar-refractivity contribution >= 4 is 40.2 Å². The van der Waals surface area contributed by atoms with Crippen LogP contribution in [0.5, 0.6) is 0 Å². The highest BCUT2D eigenvalue weighted by molar-refractivity contribution is 8.00. The monoisotopic (exact) mass is 417 g/mol. The van der Waals surface area contributed by atoms with Crippen LogP contribution in [0.3, 0.4) is 0 Å². The third-order valence-corrected chi connectivity index (χ3v) is 5.66. The number of ketones is 1. The summed E-state index contributed by atoms with van der Waals surface area (Å²) < 4.78 is 1.75. The normalized spacial score (nSPS) is 11.9. The number of fused-ring (bicyclic) bond motifs is 1. The standard InChI is InChI=1S/C22H19N5O2S/c1-14(28)16-8-10-17(11-9-16)26-21(29)15(2)30-22-19-12-25-27(20(19)23-13-24-22)18-6-4-3-5-7-18/h3-13,15H,1-2H3,(H,26,29). The molecule has 30 heavy (non-hydrogen) atoms. The molecule has 0 bridgehead atoms. The molecule has 2 heterocycles. The lowest BCUT2D eigenvalue weighted by Gasteiger charge is -2.12. The predicted octanol–water partition coefficient (Wildman–Crippen LogP) is 4.14. The Labute approximate surface area is 177 Å². The summed E-state index contributed by atoms with van der Waals surface area (Å²) in [7, 11) is 0. The zero-order valence-corrected chi connectivity index (χ0v) is 17.3. The summed E-state index contributed by atoms with van der Waals surface area (Å²) in [6.07, 6.45) is 3.20. The van der Waals surface area contributed by atoms with E-state index in [1.165, 1.54) is 25.0 Å². The maximum atomic E-state index is 12.6. The number of anilines is 1. The Bertz CT molecular complexity index is 1210. The smallest absolute Gasteiger partial charge is 0.237 e. The van der Waals surface area contributed by atoms with Crippen LogP contribution in [0.4, 0.5) is 5.69 Å². The fourth-order valence-electron chi connectivity index (χ4n) is 2.93. The Morgan fingerprint density at radius 1 is 1.03 bits per heavy atom. The van der Waals surface area contributed by atoms with Crippen molar-refractivity contribution in [1.29, 1.82) is 0 Å². The minimum atomic E-state index is -0.393. The molecule has 1 unspecified atom stereocenters. The summed E-state index contributed by atoms with van der Waals surface area (Å²) in [6, 6.07) is 16.6. The van der Waals surface area contributed by atoms with Gasteiger partial charge in [-0.3, -0.25) is 9.59 Å². The van der Waals surface area contributed by atoms with Gasteiger partial charge in [-0.1, -0.05) is 30.0 Å². The average molecular weight is 417 g/mol. The van der Waals surface area contributed by atoms with Crippen LogP contribution in [0, 0.1) is 0 Å². The molecular formula is C22H19N5O2S. The Hall–Kier alpha value is -3.52. The van der Waals surface area contributed by atoms with Gasteiger partial charge >= 0.3 is 0 Å². The van der Waals surface area contributed by atoms with Crippen LogP contribution in [0.25, 0.3) is 16.7 Å². The molecule has 1 N–H and O–H groups in total. The van der Waals surface area contributed by atoms with Crippen molar-refractivity contribution in [3.05, 3.63) is 72.7 Å². The summed E-state index contributed by atoms with van der Waals surface area (Å²) in [6.45, 7) is 3.33. The Morgan fingerprint density at radius 2 is 1.77 bits per heavy atom. The van der Waals surface area contributed by atoms with Crippen LogP contribution >= 0.6 is 11.8 Å². The third kappa shape index (κ3) is 4.08. The number of Topliss-reactive ketones (excluding diaryl/α,β-unsaturated/α-hetero) is 1. The number of carbonyl (C=O) groups excluding carboxylic acids is 2. The van der Waals surface area contributed by atoms with Crippen molar-refractivity contribution in [1.82, 2.24) is 19.7 Å². The topological polar surface area (TPSA) is 89.8 Å². The number of rotatable bonds is 6. The third-order valence-electron chi connectivity index (χ3n) is 4.55. The molecule has 1 atom stereocenters. The second-order valence-electron chi connectivity index (χ2n) is 6.69. The summed E-state index contributed by atoms with van der Waals surface area (Å²) in [5.41, 5.74) is 2.84. The molecule has 2 aromatic heterocycles. The predicted molar refractivity (Wildman–Crippen MR) is 117 cm³/mol. The molecule has 0 spiro atoms. The number of hydrogen-bond donors (Lipinski definition) is 1. The first kappa shape index (κ1) is 19.8. The molecule has 8 heteroatoms. The number of hydrogen-bond acceptors (Lipinski definition) is 6. The van der Waals surface area contributed by atoms with E-state index in [1.807, 2.05) is 37.3 Å². The van der Waals surface area contributed by atoms with Crippen molar-refractivity contribution < 1.29 is 9.59 Å². The van der Waals surface area contributed by atoms with E-state index in [0.717, 1.165) is 11.1 Å². The van der Waals surface area contributed by atoms with Gasteiger partial charge in [0.25, 0.3) is 0 Å². The van der Waals surface area contributed by atoms with Gasteiger partial charge in [-0.15, -0.1) is 0 Å². The number of nitrogens with zero attached hydrogens (tertiary/aromatic N) is 4. The van der Waals surface area contributed by atoms with Crippen molar-refractivity contribution in [3.63, 3.8) is 0 Å². The maximum absolute atomic E-state index is 12.6. The molecule has 4 aromatic rings. The SMILES string of the molecule is CC(=O)c1ccc(NC(=O)C(C)Sc2ncnc3c2cnn3-c2ccccc2)cc1. The number of carbonyl (C=O) groups is 2. The number of thioether (sulfide) groups is 1. The lowest BCUT2D eigenvalue weighted by molar-refractivity contribution is -0.115. The highest BCUT2D eigenvalue weighted by atomic mass is 32.2. The van der Waals surface area contributed by atoms with Crippen molar-refractivity contribution in [2.24, 2.45) is 0 Å². The van der Waals surface area contributed by atoms with Crippen LogP contribution in [0.15, 0.2) is 72.1 Å². The fraction of sp³-hybridized carbons (Fsp3) is 0.136. The molecule has 2 aromatic carbocycles. The van der Waals surface area contributed by atoms with Gasteiger partial charge in [-0.05, 0) is 50.2 Å².